The first kappa shape index (κ1) is 28.5. The number of phenols is 1. The van der Waals surface area contributed by atoms with E-state index < -0.39 is 24.0 Å². The lowest BCUT2D eigenvalue weighted by atomic mass is 10.0. The molecule has 0 aromatic heterocycles. The Kier molecular flexibility index (Phi) is 12.6. The van der Waals surface area contributed by atoms with Crippen molar-refractivity contribution in [2.75, 3.05) is 20.6 Å². The summed E-state index contributed by atoms with van der Waals surface area (Å²) in [6.07, 6.45) is 3.31. The fraction of sp³-hybridized carbons (Fsp3) is 0.522. The molecule has 1 aliphatic heterocycles. The molecule has 0 aliphatic carbocycles. The third kappa shape index (κ3) is 11.2. The van der Waals surface area contributed by atoms with Crippen molar-refractivity contribution in [1.29, 1.82) is 0 Å². The number of thioether (sulfide) groups is 1. The van der Waals surface area contributed by atoms with E-state index in [1.165, 1.54) is 19.1 Å². The third-order valence-electron chi connectivity index (χ3n) is 5.17. The van der Waals surface area contributed by atoms with Gasteiger partial charge in [0.15, 0.2) is 0 Å². The van der Waals surface area contributed by atoms with E-state index in [1.807, 2.05) is 25.6 Å². The highest BCUT2D eigenvalue weighted by molar-refractivity contribution is 8.03. The second-order valence-corrected chi connectivity index (χ2v) is 9.38. The number of rotatable bonds is 10. The summed E-state index contributed by atoms with van der Waals surface area (Å²) in [5, 5.41) is 26.0. The standard InChI is InChI=1S/C18H22N2O5S.C5H14N2/c1-11(21)19-15(10-14-3-2-8-26-14)17(23)20-16(18(24)25)9-12-4-6-13(22)7-5-12;1-5(4-6)7(2)3/h2,4-8,14-16,22H,3,9-10H2,1H3,(H,19,21)(H,20,23)(H,24,25);5H,4,6H2,1-3H3/t14?,15-,16-;/m0./s1. The van der Waals surface area contributed by atoms with Crippen LogP contribution >= 0.6 is 11.8 Å². The van der Waals surface area contributed by atoms with E-state index in [0.29, 0.717) is 18.0 Å². The van der Waals surface area contributed by atoms with Gasteiger partial charge in [0.1, 0.15) is 17.8 Å². The lowest BCUT2D eigenvalue weighted by Gasteiger charge is -2.23. The van der Waals surface area contributed by atoms with Crippen molar-refractivity contribution >= 4 is 29.5 Å². The Bertz CT molecular complexity index is 793. The van der Waals surface area contributed by atoms with Gasteiger partial charge < -0.3 is 31.5 Å². The molecule has 1 heterocycles. The number of nitrogens with zero attached hydrogens (tertiary/aromatic N) is 1. The number of aliphatic carboxylic acids is 1. The molecule has 0 spiro atoms. The molecule has 2 rings (SSSR count). The van der Waals surface area contributed by atoms with Crippen LogP contribution in [0.25, 0.3) is 0 Å². The van der Waals surface area contributed by atoms with Gasteiger partial charge in [0.05, 0.1) is 0 Å². The normalized spacial score (nSPS) is 17.5. The number of carboxylic acid groups (broad SMARTS) is 1. The number of hydrogen-bond donors (Lipinski definition) is 5. The highest BCUT2D eigenvalue weighted by atomic mass is 32.2. The Morgan fingerprint density at radius 3 is 2.24 bits per heavy atom. The minimum Gasteiger partial charge on any atom is -0.508 e. The minimum absolute atomic E-state index is 0.0773. The zero-order valence-corrected chi connectivity index (χ0v) is 20.5. The van der Waals surface area contributed by atoms with Crippen LogP contribution in [0.3, 0.4) is 0 Å². The van der Waals surface area contributed by atoms with E-state index in [0.717, 1.165) is 13.0 Å². The number of allylic oxidation sites excluding steroid dienone is 1. The van der Waals surface area contributed by atoms with Crippen LogP contribution in [-0.2, 0) is 20.8 Å². The number of carbonyl (C=O) groups excluding carboxylic acids is 2. The molecule has 184 valence electrons. The van der Waals surface area contributed by atoms with E-state index in [1.54, 1.807) is 23.9 Å². The predicted octanol–water partition coefficient (Wildman–Crippen LogP) is 1.31. The number of nitrogens with one attached hydrogen (secondary N) is 2. The molecular formula is C23H36N4O5S. The second-order valence-electron chi connectivity index (χ2n) is 8.17. The van der Waals surface area contributed by atoms with Crippen LogP contribution in [-0.4, -0.2) is 76.9 Å². The van der Waals surface area contributed by atoms with Crippen LogP contribution < -0.4 is 16.4 Å². The molecule has 2 unspecified atom stereocenters. The number of nitrogens with two attached hydrogens (primary N) is 1. The lowest BCUT2D eigenvalue weighted by molar-refractivity contribution is -0.142. The number of aromatic hydroxyl groups is 1. The summed E-state index contributed by atoms with van der Waals surface area (Å²) < 4.78 is 0. The molecule has 0 saturated carbocycles. The van der Waals surface area contributed by atoms with Crippen molar-refractivity contribution in [2.24, 2.45) is 5.73 Å². The van der Waals surface area contributed by atoms with Crippen LogP contribution in [0.1, 0.15) is 32.3 Å². The molecule has 1 aliphatic rings. The molecule has 9 nitrogen and oxygen atoms in total. The number of amides is 2. The Hall–Kier alpha value is -2.56. The highest BCUT2D eigenvalue weighted by Crippen LogP contribution is 2.27. The van der Waals surface area contributed by atoms with Crippen molar-refractivity contribution in [3.05, 3.63) is 41.3 Å². The van der Waals surface area contributed by atoms with Crippen LogP contribution in [0.2, 0.25) is 0 Å². The van der Waals surface area contributed by atoms with Gasteiger partial charge in [-0.1, -0.05) is 18.2 Å². The van der Waals surface area contributed by atoms with Gasteiger partial charge in [-0.2, -0.15) is 0 Å². The topological polar surface area (TPSA) is 145 Å². The van der Waals surface area contributed by atoms with Gasteiger partial charge in [-0.3, -0.25) is 9.59 Å². The molecule has 1 aromatic carbocycles. The van der Waals surface area contributed by atoms with Gasteiger partial charge in [0, 0.05) is 31.2 Å². The minimum atomic E-state index is -1.16. The lowest BCUT2D eigenvalue weighted by Crippen LogP contribution is -2.52. The predicted molar refractivity (Wildman–Crippen MR) is 131 cm³/mol. The van der Waals surface area contributed by atoms with Gasteiger partial charge in [0.25, 0.3) is 0 Å². The van der Waals surface area contributed by atoms with E-state index >= 15 is 0 Å². The van der Waals surface area contributed by atoms with Gasteiger partial charge in [-0.05, 0) is 57.0 Å². The number of carboxylic acids is 1. The van der Waals surface area contributed by atoms with Crippen LogP contribution in [0, 0.1) is 0 Å². The number of likely N-dealkylation sites (N-methyl/N-ethyl adjacent to an activating group) is 1. The molecule has 0 bridgehead atoms. The zero-order valence-electron chi connectivity index (χ0n) is 19.7. The van der Waals surface area contributed by atoms with Gasteiger partial charge in [0.2, 0.25) is 11.8 Å². The third-order valence-corrected chi connectivity index (χ3v) is 6.29. The molecule has 0 fully saturated rings. The second kappa shape index (κ2) is 14.6. The Morgan fingerprint density at radius 1 is 1.18 bits per heavy atom. The molecule has 33 heavy (non-hydrogen) atoms. The maximum absolute atomic E-state index is 12.6. The van der Waals surface area contributed by atoms with Crippen molar-refractivity contribution in [3.8, 4) is 5.75 Å². The molecule has 4 atom stereocenters. The molecule has 0 radical (unpaired) electrons. The van der Waals surface area contributed by atoms with Crippen molar-refractivity contribution < 1.29 is 24.6 Å². The van der Waals surface area contributed by atoms with Gasteiger partial charge in [-0.25, -0.2) is 4.79 Å². The number of phenolic OH excluding ortho intramolecular Hbond substituents is 1. The monoisotopic (exact) mass is 480 g/mol. The van der Waals surface area contributed by atoms with Crippen molar-refractivity contribution in [3.63, 3.8) is 0 Å². The highest BCUT2D eigenvalue weighted by Gasteiger charge is 2.28. The summed E-state index contributed by atoms with van der Waals surface area (Å²) in [4.78, 5) is 37.6. The fourth-order valence-corrected chi connectivity index (χ4v) is 3.84. The van der Waals surface area contributed by atoms with Crippen LogP contribution in [0.4, 0.5) is 0 Å². The number of carbonyl (C=O) groups is 3. The average Bonchev–Trinajstić information content (AvgIpc) is 3.26. The summed E-state index contributed by atoms with van der Waals surface area (Å²) in [7, 11) is 4.05. The van der Waals surface area contributed by atoms with Gasteiger partial charge in [-0.15, -0.1) is 11.8 Å². The molecule has 6 N–H and O–H groups in total. The smallest absolute Gasteiger partial charge is 0.326 e. The first-order valence-electron chi connectivity index (χ1n) is 10.8. The summed E-state index contributed by atoms with van der Waals surface area (Å²) in [6.45, 7) is 4.17. The molecule has 10 heteroatoms. The summed E-state index contributed by atoms with van der Waals surface area (Å²) in [5.74, 6) is -1.94. The van der Waals surface area contributed by atoms with Crippen molar-refractivity contribution in [2.45, 2.75) is 56.5 Å². The first-order chi connectivity index (χ1) is 15.5. The molecule has 1 aromatic rings. The first-order valence-corrected chi connectivity index (χ1v) is 11.7. The average molecular weight is 481 g/mol. The Morgan fingerprint density at radius 2 is 1.82 bits per heavy atom. The molecular weight excluding hydrogens is 444 g/mol. The SMILES string of the molecule is CC(=O)N[C@@H](CC1CC=CS1)C(=O)N[C@@H](Cc1ccc(O)cc1)C(=O)O.CC(CN)N(C)C. The number of benzene rings is 1. The van der Waals surface area contributed by atoms with Crippen LogP contribution in [0.5, 0.6) is 5.75 Å². The Labute approximate surface area is 199 Å². The molecule has 0 saturated heterocycles. The largest absolute Gasteiger partial charge is 0.508 e. The van der Waals surface area contributed by atoms with E-state index in [2.05, 4.69) is 22.5 Å². The summed E-state index contributed by atoms with van der Waals surface area (Å²) >= 11 is 1.59. The maximum Gasteiger partial charge on any atom is 0.326 e. The quantitative estimate of drug-likeness (QED) is 0.337. The maximum atomic E-state index is 12.6. The van der Waals surface area contributed by atoms with Crippen molar-refractivity contribution in [1.82, 2.24) is 15.5 Å². The Balaban J connectivity index is 0.000000675. The molecule has 2 amide bonds. The van der Waals surface area contributed by atoms with E-state index in [4.69, 9.17) is 5.73 Å². The number of hydrogen-bond acceptors (Lipinski definition) is 7. The van der Waals surface area contributed by atoms with Gasteiger partial charge >= 0.3 is 5.97 Å². The summed E-state index contributed by atoms with van der Waals surface area (Å²) in [6, 6.07) is 4.72. The van der Waals surface area contributed by atoms with E-state index in [9.17, 15) is 24.6 Å². The fourth-order valence-electron chi connectivity index (χ4n) is 2.87. The van der Waals surface area contributed by atoms with Crippen LogP contribution in [0.15, 0.2) is 35.7 Å². The summed E-state index contributed by atoms with van der Waals surface area (Å²) in [5.41, 5.74) is 6.00. The van der Waals surface area contributed by atoms with E-state index in [-0.39, 0.29) is 23.3 Å². The zero-order chi connectivity index (χ0) is 25.0.